The molecular formula is C31H32N6O4. The third kappa shape index (κ3) is 5.30. The number of aromatic nitrogens is 3. The molecule has 1 aliphatic carbocycles. The molecule has 4 aromatic rings. The quantitative estimate of drug-likeness (QED) is 0.347. The Labute approximate surface area is 237 Å². The number of carbonyl (C=O) groups is 2. The number of fused-ring (bicyclic) bond motifs is 2. The first kappa shape index (κ1) is 26.6. The summed E-state index contributed by atoms with van der Waals surface area (Å²) in [6.45, 7) is 3.19. The molecule has 0 atom stereocenters. The molecule has 2 N–H and O–H groups in total. The average Bonchev–Trinajstić information content (AvgIpc) is 3.46. The largest absolute Gasteiger partial charge is 0.343 e. The molecular weight excluding hydrogens is 520 g/mol. The molecule has 1 saturated heterocycles. The first-order valence-electron chi connectivity index (χ1n) is 13.9. The third-order valence-electron chi connectivity index (χ3n) is 8.12. The van der Waals surface area contributed by atoms with Crippen LogP contribution in [0, 0.1) is 0 Å². The van der Waals surface area contributed by atoms with E-state index in [0.29, 0.717) is 17.5 Å². The summed E-state index contributed by atoms with van der Waals surface area (Å²) in [5.41, 5.74) is 7.56. The molecule has 0 spiro atoms. The number of benzene rings is 2. The van der Waals surface area contributed by atoms with Gasteiger partial charge in [0.2, 0.25) is 17.3 Å². The molecule has 210 valence electrons. The monoisotopic (exact) mass is 552 g/mol. The van der Waals surface area contributed by atoms with E-state index in [2.05, 4.69) is 40.0 Å². The summed E-state index contributed by atoms with van der Waals surface area (Å²) >= 11 is 0. The fourth-order valence-electron chi connectivity index (χ4n) is 5.88. The summed E-state index contributed by atoms with van der Waals surface area (Å²) in [6, 6.07) is 14.4. The summed E-state index contributed by atoms with van der Waals surface area (Å²) < 4.78 is 1.77. The minimum atomic E-state index is -0.636. The van der Waals surface area contributed by atoms with Crippen LogP contribution >= 0.6 is 0 Å². The zero-order chi connectivity index (χ0) is 28.5. The number of hydrogen-bond donors (Lipinski definition) is 2. The van der Waals surface area contributed by atoms with Gasteiger partial charge < -0.3 is 14.8 Å². The van der Waals surface area contributed by atoms with Gasteiger partial charge in [-0.2, -0.15) is 4.98 Å². The zero-order valence-corrected chi connectivity index (χ0v) is 23.1. The number of likely N-dealkylation sites (tertiary alicyclic amines) is 1. The molecule has 0 unspecified atom stereocenters. The fraction of sp³-hybridized carbons (Fsp3) is 0.323. The van der Waals surface area contributed by atoms with Gasteiger partial charge in [-0.3, -0.25) is 19.2 Å². The number of nitrogens with zero attached hydrogens (tertiary/aromatic N) is 4. The van der Waals surface area contributed by atoms with Gasteiger partial charge in [0.05, 0.1) is 12.5 Å². The van der Waals surface area contributed by atoms with Crippen LogP contribution < -0.4 is 16.2 Å². The Morgan fingerprint density at radius 3 is 2.51 bits per heavy atom. The molecule has 1 aliphatic heterocycles. The Morgan fingerprint density at radius 2 is 1.78 bits per heavy atom. The number of anilines is 2. The maximum absolute atomic E-state index is 13.3. The van der Waals surface area contributed by atoms with E-state index >= 15 is 0 Å². The van der Waals surface area contributed by atoms with Crippen molar-refractivity contribution in [1.29, 1.82) is 0 Å². The molecule has 0 bridgehead atoms. The lowest BCUT2D eigenvalue weighted by atomic mass is 9.89. The molecule has 0 radical (unpaired) electrons. The van der Waals surface area contributed by atoms with E-state index in [4.69, 9.17) is 9.82 Å². The Hall–Kier alpha value is -4.57. The predicted octanol–water partition coefficient (Wildman–Crippen LogP) is 4.03. The Morgan fingerprint density at radius 1 is 1.02 bits per heavy atom. The molecule has 10 heteroatoms. The van der Waals surface area contributed by atoms with Crippen LogP contribution in [0.5, 0.6) is 0 Å². The van der Waals surface area contributed by atoms with Crippen molar-refractivity contribution in [1.82, 2.24) is 24.9 Å². The maximum Gasteiger partial charge on any atom is 0.280 e. The molecule has 2 aromatic carbocycles. The number of nitrogens with one attached hydrogen (secondary N) is 2. The third-order valence-corrected chi connectivity index (χ3v) is 8.12. The second-order valence-electron chi connectivity index (χ2n) is 10.6. The van der Waals surface area contributed by atoms with Crippen LogP contribution in [0.2, 0.25) is 0 Å². The van der Waals surface area contributed by atoms with Gasteiger partial charge in [-0.1, -0.05) is 18.2 Å². The zero-order valence-electron chi connectivity index (χ0n) is 23.1. The van der Waals surface area contributed by atoms with Crippen LogP contribution in [0.15, 0.2) is 59.7 Å². The summed E-state index contributed by atoms with van der Waals surface area (Å²) in [4.78, 5) is 53.4. The lowest BCUT2D eigenvalue weighted by Crippen LogP contribution is -2.36. The summed E-state index contributed by atoms with van der Waals surface area (Å²) in [5, 5.41) is 3.48. The van der Waals surface area contributed by atoms with Crippen molar-refractivity contribution in [3.05, 3.63) is 87.3 Å². The van der Waals surface area contributed by atoms with Gasteiger partial charge in [-0.25, -0.2) is 10.5 Å². The first-order chi connectivity index (χ1) is 19.9. The highest BCUT2D eigenvalue weighted by Gasteiger charge is 2.22. The SMILES string of the molecule is CONC(=O)c1cn(-c2ccc3c(c2)CCC3)c2nc(Nc3ccc(C4CCN(C(C)=O)CC4)cc3)ncc2c1=O. The molecule has 2 amide bonds. The van der Waals surface area contributed by atoms with Crippen LogP contribution in [-0.4, -0.2) is 51.4 Å². The molecule has 1 fully saturated rings. The van der Waals surface area contributed by atoms with E-state index in [1.54, 1.807) is 11.5 Å². The number of piperidine rings is 1. The number of rotatable bonds is 6. The minimum absolute atomic E-state index is 0.0612. The number of carbonyl (C=O) groups excluding carboxylic acids is 2. The highest BCUT2D eigenvalue weighted by Crippen LogP contribution is 2.30. The summed E-state index contributed by atoms with van der Waals surface area (Å²) in [7, 11) is 1.32. The Balaban J connectivity index is 1.32. The van der Waals surface area contributed by atoms with E-state index in [0.717, 1.165) is 56.6 Å². The van der Waals surface area contributed by atoms with Gasteiger partial charge in [-0.05, 0) is 79.0 Å². The van der Waals surface area contributed by atoms with E-state index < -0.39 is 11.3 Å². The van der Waals surface area contributed by atoms with Crippen molar-refractivity contribution < 1.29 is 14.4 Å². The van der Waals surface area contributed by atoms with Gasteiger partial charge in [0.25, 0.3) is 5.91 Å². The molecule has 41 heavy (non-hydrogen) atoms. The summed E-state index contributed by atoms with van der Waals surface area (Å²) in [5.74, 6) is 0.254. The Kier molecular flexibility index (Phi) is 7.23. The average molecular weight is 553 g/mol. The molecule has 6 rings (SSSR count). The van der Waals surface area contributed by atoms with Crippen molar-refractivity contribution >= 4 is 34.5 Å². The second kappa shape index (κ2) is 11.1. The molecule has 0 saturated carbocycles. The molecule has 3 heterocycles. The van der Waals surface area contributed by atoms with Crippen molar-refractivity contribution in [3.63, 3.8) is 0 Å². The van der Waals surface area contributed by atoms with Gasteiger partial charge in [0, 0.05) is 43.8 Å². The van der Waals surface area contributed by atoms with Crippen molar-refractivity contribution in [2.45, 2.75) is 44.9 Å². The topological polar surface area (TPSA) is 118 Å². The minimum Gasteiger partial charge on any atom is -0.343 e. The van der Waals surface area contributed by atoms with Gasteiger partial charge in [-0.15, -0.1) is 0 Å². The molecule has 2 aliphatic rings. The Bertz CT molecular complexity index is 1690. The number of amides is 2. The number of hydroxylamine groups is 1. The van der Waals surface area contributed by atoms with Crippen molar-refractivity contribution in [2.24, 2.45) is 0 Å². The normalized spacial score (nSPS) is 15.1. The lowest BCUT2D eigenvalue weighted by molar-refractivity contribution is -0.129. The molecule has 10 nitrogen and oxygen atoms in total. The number of aryl methyl sites for hydroxylation is 2. The fourth-order valence-corrected chi connectivity index (χ4v) is 5.88. The summed E-state index contributed by atoms with van der Waals surface area (Å²) in [6.07, 6.45) is 8.02. The standard InChI is InChI=1S/C31H32N6O4/c1-19(38)36-14-12-22(13-15-36)21-6-9-24(10-7-21)33-31-32-17-26-28(39)27(30(40)35-41-2)18-37(29(26)34-31)25-11-8-20-4-3-5-23(20)16-25/h6-11,16-18,22H,3-5,12-15H2,1-2H3,(H,35,40)(H,32,33,34). The smallest absolute Gasteiger partial charge is 0.280 e. The van der Waals surface area contributed by atoms with E-state index in [1.807, 2.05) is 23.1 Å². The first-order valence-corrected chi connectivity index (χ1v) is 13.9. The van der Waals surface area contributed by atoms with Gasteiger partial charge in [0.1, 0.15) is 5.56 Å². The van der Waals surface area contributed by atoms with Crippen LogP contribution in [0.1, 0.15) is 59.2 Å². The second-order valence-corrected chi connectivity index (χ2v) is 10.6. The van der Waals surface area contributed by atoms with Crippen molar-refractivity contribution in [2.75, 3.05) is 25.5 Å². The number of hydrogen-bond acceptors (Lipinski definition) is 7. The van der Waals surface area contributed by atoms with Crippen molar-refractivity contribution in [3.8, 4) is 5.69 Å². The van der Waals surface area contributed by atoms with E-state index in [-0.39, 0.29) is 16.9 Å². The number of pyridine rings is 1. The van der Waals surface area contributed by atoms with Gasteiger partial charge >= 0.3 is 0 Å². The highest BCUT2D eigenvalue weighted by molar-refractivity contribution is 5.96. The van der Waals surface area contributed by atoms with Crippen LogP contribution in [0.25, 0.3) is 16.7 Å². The highest BCUT2D eigenvalue weighted by atomic mass is 16.6. The van der Waals surface area contributed by atoms with E-state index in [9.17, 15) is 14.4 Å². The van der Waals surface area contributed by atoms with Gasteiger partial charge in [0.15, 0.2) is 5.65 Å². The van der Waals surface area contributed by atoms with Crippen LogP contribution in [0.3, 0.4) is 0 Å². The lowest BCUT2D eigenvalue weighted by Gasteiger charge is -2.31. The maximum atomic E-state index is 13.3. The van der Waals surface area contributed by atoms with E-state index in [1.165, 1.54) is 36.2 Å². The molecule has 2 aromatic heterocycles. The predicted molar refractivity (Wildman–Crippen MR) is 156 cm³/mol. The van der Waals surface area contributed by atoms with Crippen LogP contribution in [0.4, 0.5) is 11.6 Å². The van der Waals surface area contributed by atoms with Crippen LogP contribution in [-0.2, 0) is 22.5 Å².